The summed E-state index contributed by atoms with van der Waals surface area (Å²) in [7, 11) is 1.60. The minimum absolute atomic E-state index is 0.0792. The van der Waals surface area contributed by atoms with Crippen molar-refractivity contribution in [2.75, 3.05) is 12.4 Å². The molecule has 1 N–H and O–H groups in total. The lowest BCUT2D eigenvalue weighted by atomic mass is 9.99. The molecule has 2 rings (SSSR count). The number of carbonyl (C=O) groups is 1. The van der Waals surface area contributed by atoms with Crippen molar-refractivity contribution in [3.8, 4) is 5.75 Å². The highest BCUT2D eigenvalue weighted by atomic mass is 16.5. The Morgan fingerprint density at radius 3 is 2.52 bits per heavy atom. The summed E-state index contributed by atoms with van der Waals surface area (Å²) in [5.41, 5.74) is 1.05. The van der Waals surface area contributed by atoms with Gasteiger partial charge in [0, 0.05) is 12.8 Å². The van der Waals surface area contributed by atoms with E-state index in [9.17, 15) is 4.79 Å². The van der Waals surface area contributed by atoms with Crippen LogP contribution in [0.3, 0.4) is 0 Å². The first-order valence-electron chi connectivity index (χ1n) is 7.50. The largest absolute Gasteiger partial charge is 0.491 e. The number of hydrogen-bond donors (Lipinski definition) is 1. The molecule has 1 aromatic rings. The quantitative estimate of drug-likeness (QED) is 0.872. The van der Waals surface area contributed by atoms with E-state index in [4.69, 9.17) is 9.47 Å². The third kappa shape index (κ3) is 3.56. The van der Waals surface area contributed by atoms with Gasteiger partial charge in [-0.3, -0.25) is 4.79 Å². The molecule has 1 fully saturated rings. The van der Waals surface area contributed by atoms with Crippen molar-refractivity contribution in [2.24, 2.45) is 5.92 Å². The zero-order chi connectivity index (χ0) is 15.6. The Hall–Kier alpha value is -1.55. The summed E-state index contributed by atoms with van der Waals surface area (Å²) in [5.74, 6) is 1.09. The maximum atomic E-state index is 12.5. The van der Waals surface area contributed by atoms with Crippen LogP contribution in [0.5, 0.6) is 5.75 Å². The first kappa shape index (κ1) is 15.8. The van der Waals surface area contributed by atoms with Crippen molar-refractivity contribution in [3.05, 3.63) is 23.8 Å². The van der Waals surface area contributed by atoms with Gasteiger partial charge in [0.1, 0.15) is 11.4 Å². The average molecular weight is 291 g/mol. The van der Waals surface area contributed by atoms with Crippen molar-refractivity contribution in [3.63, 3.8) is 0 Å². The summed E-state index contributed by atoms with van der Waals surface area (Å²) in [4.78, 5) is 12.5. The van der Waals surface area contributed by atoms with E-state index >= 15 is 0 Å². The molecule has 1 amide bonds. The highest BCUT2D eigenvalue weighted by molar-refractivity contribution is 5.97. The van der Waals surface area contributed by atoms with E-state index in [1.165, 1.54) is 0 Å². The molecule has 1 aliphatic rings. The molecule has 1 atom stereocenters. The van der Waals surface area contributed by atoms with Crippen LogP contribution in [-0.4, -0.2) is 24.7 Å². The molecule has 0 aliphatic heterocycles. The molecule has 0 radical (unpaired) electrons. The van der Waals surface area contributed by atoms with Gasteiger partial charge in [0.2, 0.25) is 0 Å². The van der Waals surface area contributed by atoms with Crippen LogP contribution in [0.1, 0.15) is 39.2 Å². The SMILES string of the molecule is CO[C@@](C)(C(=O)Nc1ccc(OC(C)C)c(C)c1)C1CC1. The van der Waals surface area contributed by atoms with Gasteiger partial charge in [-0.15, -0.1) is 0 Å². The number of ether oxygens (including phenoxy) is 2. The van der Waals surface area contributed by atoms with E-state index in [0.29, 0.717) is 5.92 Å². The van der Waals surface area contributed by atoms with Gasteiger partial charge < -0.3 is 14.8 Å². The maximum Gasteiger partial charge on any atom is 0.256 e. The highest BCUT2D eigenvalue weighted by Gasteiger charge is 2.47. The number of rotatable bonds is 6. The van der Waals surface area contributed by atoms with Crippen molar-refractivity contribution < 1.29 is 14.3 Å². The fourth-order valence-corrected chi connectivity index (χ4v) is 2.45. The first-order chi connectivity index (χ1) is 9.86. The number of carbonyl (C=O) groups excluding carboxylic acids is 1. The van der Waals surface area contributed by atoms with Crippen molar-refractivity contribution in [2.45, 2.75) is 52.2 Å². The molecule has 0 unspecified atom stereocenters. The predicted octanol–water partition coefficient (Wildman–Crippen LogP) is 3.54. The number of nitrogens with one attached hydrogen (secondary N) is 1. The van der Waals surface area contributed by atoms with Gasteiger partial charge in [0.25, 0.3) is 5.91 Å². The summed E-state index contributed by atoms with van der Waals surface area (Å²) in [5, 5.41) is 2.96. The second-order valence-corrected chi connectivity index (χ2v) is 6.19. The van der Waals surface area contributed by atoms with Crippen LogP contribution in [0.25, 0.3) is 0 Å². The number of hydrogen-bond acceptors (Lipinski definition) is 3. The van der Waals surface area contributed by atoms with Crippen LogP contribution in [0.2, 0.25) is 0 Å². The Morgan fingerprint density at radius 1 is 1.38 bits per heavy atom. The van der Waals surface area contributed by atoms with Gasteiger partial charge in [-0.25, -0.2) is 0 Å². The molecule has 0 heterocycles. The van der Waals surface area contributed by atoms with Crippen LogP contribution < -0.4 is 10.1 Å². The number of methoxy groups -OCH3 is 1. The second-order valence-electron chi connectivity index (χ2n) is 6.19. The monoisotopic (exact) mass is 291 g/mol. The lowest BCUT2D eigenvalue weighted by Gasteiger charge is -2.26. The van der Waals surface area contributed by atoms with Gasteiger partial charge >= 0.3 is 0 Å². The summed E-state index contributed by atoms with van der Waals surface area (Å²) in [6.07, 6.45) is 2.24. The van der Waals surface area contributed by atoms with Gasteiger partial charge in [-0.1, -0.05) is 0 Å². The van der Waals surface area contributed by atoms with E-state index < -0.39 is 5.60 Å². The molecular weight excluding hydrogens is 266 g/mol. The topological polar surface area (TPSA) is 47.6 Å². The Labute approximate surface area is 126 Å². The van der Waals surface area contributed by atoms with E-state index in [1.807, 2.05) is 45.9 Å². The predicted molar refractivity (Wildman–Crippen MR) is 83.7 cm³/mol. The Bertz CT molecular complexity index is 523. The fourth-order valence-electron chi connectivity index (χ4n) is 2.45. The van der Waals surface area contributed by atoms with E-state index in [1.54, 1.807) is 7.11 Å². The number of amides is 1. The van der Waals surface area contributed by atoms with E-state index in [0.717, 1.165) is 29.8 Å². The van der Waals surface area contributed by atoms with Crippen molar-refractivity contribution >= 4 is 11.6 Å². The van der Waals surface area contributed by atoms with Gasteiger partial charge in [-0.05, 0) is 70.2 Å². The first-order valence-corrected chi connectivity index (χ1v) is 7.50. The molecule has 0 aromatic heterocycles. The average Bonchev–Trinajstić information content (AvgIpc) is 3.25. The van der Waals surface area contributed by atoms with Crippen molar-refractivity contribution in [1.82, 2.24) is 0 Å². The third-order valence-corrected chi connectivity index (χ3v) is 4.03. The van der Waals surface area contributed by atoms with E-state index in [-0.39, 0.29) is 12.0 Å². The number of anilines is 1. The fraction of sp³-hybridized carbons (Fsp3) is 0.588. The van der Waals surface area contributed by atoms with Crippen LogP contribution in [-0.2, 0) is 9.53 Å². The second kappa shape index (κ2) is 6.06. The molecule has 1 aromatic carbocycles. The molecular formula is C17H25NO3. The molecule has 4 nitrogen and oxygen atoms in total. The molecule has 0 spiro atoms. The summed E-state index contributed by atoms with van der Waals surface area (Å²) >= 11 is 0. The van der Waals surface area contributed by atoms with Gasteiger partial charge in [0.15, 0.2) is 0 Å². The van der Waals surface area contributed by atoms with Crippen molar-refractivity contribution in [1.29, 1.82) is 0 Å². The van der Waals surface area contributed by atoms with Crippen LogP contribution >= 0.6 is 0 Å². The zero-order valence-electron chi connectivity index (χ0n) is 13.5. The van der Waals surface area contributed by atoms with Gasteiger partial charge in [0.05, 0.1) is 6.10 Å². The molecule has 1 aliphatic carbocycles. The van der Waals surface area contributed by atoms with Crippen LogP contribution in [0.4, 0.5) is 5.69 Å². The lowest BCUT2D eigenvalue weighted by Crippen LogP contribution is -2.44. The standard InChI is InChI=1S/C17H25NO3/c1-11(2)21-15-9-8-14(10-12(15)3)18-16(19)17(4,20-5)13-6-7-13/h8-11,13H,6-7H2,1-5H3,(H,18,19)/t17-/m1/s1. The minimum Gasteiger partial charge on any atom is -0.491 e. The van der Waals surface area contributed by atoms with Crippen LogP contribution in [0, 0.1) is 12.8 Å². The van der Waals surface area contributed by atoms with E-state index in [2.05, 4.69) is 5.32 Å². The molecule has 21 heavy (non-hydrogen) atoms. The smallest absolute Gasteiger partial charge is 0.256 e. The highest BCUT2D eigenvalue weighted by Crippen LogP contribution is 2.42. The number of benzene rings is 1. The van der Waals surface area contributed by atoms with Crippen LogP contribution in [0.15, 0.2) is 18.2 Å². The summed E-state index contributed by atoms with van der Waals surface area (Å²) in [6.45, 7) is 7.83. The Balaban J connectivity index is 2.09. The van der Waals surface area contributed by atoms with Gasteiger partial charge in [-0.2, -0.15) is 0 Å². The Kier molecular flexibility index (Phi) is 4.57. The number of aryl methyl sites for hydroxylation is 1. The molecule has 0 bridgehead atoms. The normalized spacial score (nSPS) is 17.4. The minimum atomic E-state index is -0.735. The molecule has 0 saturated heterocycles. The lowest BCUT2D eigenvalue weighted by molar-refractivity contribution is -0.138. The summed E-state index contributed by atoms with van der Waals surface area (Å²) < 4.78 is 11.2. The zero-order valence-corrected chi connectivity index (χ0v) is 13.5. The molecule has 4 heteroatoms. The molecule has 1 saturated carbocycles. The Morgan fingerprint density at radius 2 is 2.05 bits per heavy atom. The molecule has 116 valence electrons. The third-order valence-electron chi connectivity index (χ3n) is 4.03. The maximum absolute atomic E-state index is 12.5. The summed E-state index contributed by atoms with van der Waals surface area (Å²) in [6, 6.07) is 5.69.